The quantitative estimate of drug-likeness (QED) is 0.134. The topological polar surface area (TPSA) is 259 Å². The van der Waals surface area contributed by atoms with E-state index in [1.165, 1.54) is 37.9 Å². The molecule has 414 valence electrons. The number of fused-ring (bicyclic) bond motifs is 1. The Kier molecular flexibility index (Phi) is 23.1. The smallest absolute Gasteiger partial charge is 0.410 e. The highest BCUT2D eigenvalue weighted by molar-refractivity contribution is 6.05. The summed E-state index contributed by atoms with van der Waals surface area (Å²) in [6, 6.07) is 8.45. The average Bonchev–Trinajstić information content (AvgIpc) is 3.86. The molecule has 2 fully saturated rings. The van der Waals surface area contributed by atoms with Gasteiger partial charge in [0.2, 0.25) is 35.4 Å². The van der Waals surface area contributed by atoms with E-state index in [2.05, 4.69) is 21.3 Å². The molecule has 4 rings (SSSR count). The van der Waals surface area contributed by atoms with Crippen molar-refractivity contribution in [2.75, 3.05) is 34.3 Å². The van der Waals surface area contributed by atoms with Crippen LogP contribution in [0.15, 0.2) is 54.6 Å². The number of rotatable bonds is 14. The summed E-state index contributed by atoms with van der Waals surface area (Å²) < 4.78 is 16.6. The second-order valence-electron chi connectivity index (χ2n) is 21.3. The number of methoxy groups -OCH3 is 1. The molecule has 20 nitrogen and oxygen atoms in total. The van der Waals surface area contributed by atoms with Crippen LogP contribution in [0.1, 0.15) is 106 Å². The Morgan fingerprint density at radius 1 is 0.840 bits per heavy atom. The lowest BCUT2D eigenvalue weighted by molar-refractivity contribution is -0.162. The number of cyclic esters (lactones) is 1. The number of likely N-dealkylation sites (N-methyl/N-ethyl adjacent to an activating group) is 2. The first-order valence-corrected chi connectivity index (χ1v) is 26.1. The first-order valence-electron chi connectivity index (χ1n) is 26.1. The first-order chi connectivity index (χ1) is 35.3. The molecule has 2 saturated heterocycles. The second kappa shape index (κ2) is 28.4. The zero-order valence-electron chi connectivity index (χ0n) is 45.8. The van der Waals surface area contributed by atoms with Crippen molar-refractivity contribution in [3.8, 4) is 5.75 Å². The predicted molar refractivity (Wildman–Crippen MR) is 278 cm³/mol. The minimum Gasteiger partial charge on any atom is -0.497 e. The van der Waals surface area contributed by atoms with Crippen LogP contribution in [0.3, 0.4) is 0 Å². The Bertz CT molecular complexity index is 2290. The summed E-state index contributed by atoms with van der Waals surface area (Å²) in [5, 5.41) is 22.6. The average molecular weight is 1050 g/mol. The number of carbonyl (C=O) groups excluding carboxylic acids is 9. The number of ether oxygens (including phenoxy) is 3. The molecule has 0 unspecified atom stereocenters. The number of ketones is 1. The van der Waals surface area contributed by atoms with Gasteiger partial charge < -0.3 is 50.4 Å². The van der Waals surface area contributed by atoms with Crippen LogP contribution in [-0.2, 0) is 60.9 Å². The fourth-order valence-electron chi connectivity index (χ4n) is 9.25. The van der Waals surface area contributed by atoms with Crippen molar-refractivity contribution in [3.63, 3.8) is 0 Å². The van der Waals surface area contributed by atoms with E-state index in [9.17, 15) is 48.3 Å². The number of hydrogen-bond donors (Lipinski definition) is 5. The van der Waals surface area contributed by atoms with E-state index in [0.717, 1.165) is 10.5 Å². The number of esters is 1. The van der Waals surface area contributed by atoms with Crippen molar-refractivity contribution in [2.24, 2.45) is 29.6 Å². The van der Waals surface area contributed by atoms with Crippen LogP contribution in [0.2, 0.25) is 0 Å². The van der Waals surface area contributed by atoms with Crippen LogP contribution in [0.5, 0.6) is 5.75 Å². The Morgan fingerprint density at radius 3 is 2.08 bits per heavy atom. The summed E-state index contributed by atoms with van der Waals surface area (Å²) in [7, 11) is 4.35. The lowest BCUT2D eigenvalue weighted by atomic mass is 9.92. The first kappa shape index (κ1) is 61.0. The van der Waals surface area contributed by atoms with Crippen molar-refractivity contribution in [1.29, 1.82) is 0 Å². The van der Waals surface area contributed by atoms with Gasteiger partial charge >= 0.3 is 12.1 Å². The Hall–Kier alpha value is -6.57. The molecule has 0 aromatic heterocycles. The van der Waals surface area contributed by atoms with E-state index in [-0.39, 0.29) is 50.7 Å². The van der Waals surface area contributed by atoms with E-state index in [1.54, 1.807) is 76.2 Å². The minimum absolute atomic E-state index is 0.0403. The standard InChI is InChI=1S/C55H81N7O13/c1-31(2)25-39-53(70)62-24-16-19-41(62)54(71)60(10)43(27-36-20-22-38(73-12)23-21-36)51(68)56-29-40(58-52(69)42(26-32(3)4)61(11)55(72)74-30-37-17-14-13-15-18-37)50(67)59-46(33(5)6)44(63)28-45(64)75-48(34(7)8)47(65)35(9)49(66)57-39/h13-15,17-18,20-23,31-35,39-44,46,48,63H,16,19,24-30H2,1-12H3,(H,56,68)(H,57,66)(H,58,69)(H,59,67)/t35-,39-,40-,41-,42+,43-,44-,46+,48-/m0/s1. The van der Waals surface area contributed by atoms with Gasteiger partial charge in [-0.3, -0.25) is 43.3 Å². The molecule has 7 amide bonds. The second-order valence-corrected chi connectivity index (χ2v) is 21.3. The highest BCUT2D eigenvalue weighted by atomic mass is 16.6. The fourth-order valence-corrected chi connectivity index (χ4v) is 9.25. The third-order valence-electron chi connectivity index (χ3n) is 13.7. The van der Waals surface area contributed by atoms with Gasteiger partial charge in [-0.1, -0.05) is 97.9 Å². The third kappa shape index (κ3) is 17.2. The SMILES string of the molecule is COc1ccc(C[C@H]2C(=O)NC[C@H](NC(=O)[C@@H](CC(C)C)N(C)C(=O)OCc3ccccc3)C(=O)N[C@H](C(C)C)[C@@H](O)CC(=O)O[C@@H](C(C)C)C(=O)[C@H](C)C(=O)N[C@@H](CC(C)C)C(=O)N3CCC[C@H]3C(=O)N2C)cc1. The van der Waals surface area contributed by atoms with Gasteiger partial charge in [0.25, 0.3) is 0 Å². The molecule has 0 bridgehead atoms. The molecule has 2 aromatic rings. The van der Waals surface area contributed by atoms with Crippen LogP contribution in [0, 0.1) is 29.6 Å². The van der Waals surface area contributed by atoms with E-state index in [0.29, 0.717) is 17.7 Å². The normalized spacial score (nSPS) is 24.6. The van der Waals surface area contributed by atoms with E-state index in [4.69, 9.17) is 14.2 Å². The van der Waals surface area contributed by atoms with Gasteiger partial charge in [-0.05, 0) is 79.5 Å². The van der Waals surface area contributed by atoms with Gasteiger partial charge in [-0.15, -0.1) is 0 Å². The van der Waals surface area contributed by atoms with Crippen molar-refractivity contribution in [2.45, 2.75) is 156 Å². The van der Waals surface area contributed by atoms with Gasteiger partial charge in [-0.2, -0.15) is 0 Å². The maximum atomic E-state index is 14.8. The van der Waals surface area contributed by atoms with Gasteiger partial charge in [0, 0.05) is 33.6 Å². The summed E-state index contributed by atoms with van der Waals surface area (Å²) in [4.78, 5) is 132. The van der Waals surface area contributed by atoms with Gasteiger partial charge in [0.15, 0.2) is 11.9 Å². The van der Waals surface area contributed by atoms with E-state index < -0.39 is 132 Å². The lowest BCUT2D eigenvalue weighted by Gasteiger charge is -2.35. The molecule has 0 saturated carbocycles. The molecule has 0 aliphatic carbocycles. The minimum atomic E-state index is -1.61. The number of aliphatic hydroxyl groups excluding tert-OH is 1. The van der Waals surface area contributed by atoms with Crippen molar-refractivity contribution in [1.82, 2.24) is 36.0 Å². The molecule has 5 N–H and O–H groups in total. The number of Topliss-reactive ketones (excluding diaryl/α,β-unsaturated/α-hetero) is 1. The molecule has 2 heterocycles. The fraction of sp³-hybridized carbons (Fsp3) is 0.618. The molecule has 9 atom stereocenters. The van der Waals surface area contributed by atoms with Crippen LogP contribution >= 0.6 is 0 Å². The van der Waals surface area contributed by atoms with E-state index >= 15 is 0 Å². The largest absolute Gasteiger partial charge is 0.497 e. The van der Waals surface area contributed by atoms with Crippen molar-refractivity contribution >= 4 is 53.3 Å². The number of amides is 7. The Morgan fingerprint density at radius 2 is 1.49 bits per heavy atom. The maximum absolute atomic E-state index is 14.8. The van der Waals surface area contributed by atoms with Crippen LogP contribution < -0.4 is 26.0 Å². The summed E-state index contributed by atoms with van der Waals surface area (Å²) in [6.07, 6.45) is -3.61. The lowest BCUT2D eigenvalue weighted by Crippen LogP contribution is -2.61. The van der Waals surface area contributed by atoms with Gasteiger partial charge in [0.1, 0.15) is 42.6 Å². The summed E-state index contributed by atoms with van der Waals surface area (Å²) >= 11 is 0. The molecule has 0 radical (unpaired) electrons. The number of nitrogens with one attached hydrogen (secondary N) is 4. The van der Waals surface area contributed by atoms with Gasteiger partial charge in [-0.25, -0.2) is 4.79 Å². The van der Waals surface area contributed by atoms with Crippen molar-refractivity contribution < 1.29 is 62.5 Å². The van der Waals surface area contributed by atoms with E-state index in [1.807, 2.05) is 33.8 Å². The molecule has 2 aromatic carbocycles. The highest BCUT2D eigenvalue weighted by Gasteiger charge is 2.43. The highest BCUT2D eigenvalue weighted by Crippen LogP contribution is 2.25. The number of carbonyl (C=O) groups is 9. The molecular formula is C55H81N7O13. The molecule has 2 aliphatic rings. The van der Waals surface area contributed by atoms with Crippen LogP contribution in [-0.4, -0.2) is 156 Å². The summed E-state index contributed by atoms with van der Waals surface area (Å²) in [5.41, 5.74) is 1.35. The number of aliphatic hydroxyl groups is 1. The summed E-state index contributed by atoms with van der Waals surface area (Å²) in [6.45, 7) is 14.9. The molecule has 2 aliphatic heterocycles. The molecule has 75 heavy (non-hydrogen) atoms. The van der Waals surface area contributed by atoms with Crippen LogP contribution in [0.25, 0.3) is 0 Å². The Labute approximate surface area is 441 Å². The monoisotopic (exact) mass is 1050 g/mol. The zero-order valence-corrected chi connectivity index (χ0v) is 45.8. The molecular weight excluding hydrogens is 967 g/mol. The molecule has 0 spiro atoms. The maximum Gasteiger partial charge on any atom is 0.410 e. The number of nitrogens with zero attached hydrogens (tertiary/aromatic N) is 3. The molecule has 20 heteroatoms. The number of hydrogen-bond acceptors (Lipinski definition) is 13. The predicted octanol–water partition coefficient (Wildman–Crippen LogP) is 3.55. The van der Waals surface area contributed by atoms with Crippen LogP contribution in [0.4, 0.5) is 4.79 Å². The van der Waals surface area contributed by atoms with Crippen molar-refractivity contribution in [3.05, 3.63) is 65.7 Å². The zero-order chi connectivity index (χ0) is 55.8. The van der Waals surface area contributed by atoms with Gasteiger partial charge in [0.05, 0.1) is 31.6 Å². The summed E-state index contributed by atoms with van der Waals surface area (Å²) in [5.74, 6) is -8.30. The Balaban J connectivity index is 1.81. The third-order valence-corrected chi connectivity index (χ3v) is 13.7. The number of benzene rings is 2.